The summed E-state index contributed by atoms with van der Waals surface area (Å²) in [6.45, 7) is 0.214. The fraction of sp³-hybridized carbons (Fsp3) is 0.125. The van der Waals surface area contributed by atoms with E-state index in [0.29, 0.717) is 23.3 Å². The van der Waals surface area contributed by atoms with E-state index in [1.165, 1.54) is 0 Å². The number of hydrogen-bond acceptors (Lipinski definition) is 5. The first-order valence-electron chi connectivity index (χ1n) is 10.6. The summed E-state index contributed by atoms with van der Waals surface area (Å²) < 4.78 is 30.2. The molecule has 0 radical (unpaired) electrons. The average molecular weight is 474 g/mol. The van der Waals surface area contributed by atoms with Crippen LogP contribution in [-0.4, -0.2) is 33.8 Å². The van der Waals surface area contributed by atoms with E-state index in [2.05, 4.69) is 19.7 Å². The Balaban J connectivity index is 1.41. The van der Waals surface area contributed by atoms with Crippen molar-refractivity contribution in [1.82, 2.24) is 24.2 Å². The Hall–Kier alpha value is -4.02. The summed E-state index contributed by atoms with van der Waals surface area (Å²) in [4.78, 5) is 12.7. The molecule has 0 spiro atoms. The van der Waals surface area contributed by atoms with Crippen LogP contribution >= 0.6 is 0 Å². The van der Waals surface area contributed by atoms with Gasteiger partial charge in [-0.25, -0.2) is 23.1 Å². The van der Waals surface area contributed by atoms with Crippen LogP contribution < -0.4 is 10.5 Å². The lowest BCUT2D eigenvalue weighted by Gasteiger charge is -2.07. The first-order chi connectivity index (χ1) is 16.3. The Morgan fingerprint density at radius 3 is 2.62 bits per heavy atom. The number of nitrogens with two attached hydrogens (primary N) is 1. The van der Waals surface area contributed by atoms with Gasteiger partial charge < -0.3 is 15.3 Å². The molecular weight excluding hydrogens is 450 g/mol. The van der Waals surface area contributed by atoms with Gasteiger partial charge in [-0.2, -0.15) is 0 Å². The highest BCUT2D eigenvalue weighted by Gasteiger charge is 2.17. The maximum absolute atomic E-state index is 12.8. The van der Waals surface area contributed by atoms with Gasteiger partial charge in [-0.3, -0.25) is 5.41 Å². The fourth-order valence-electron chi connectivity index (χ4n) is 3.88. The van der Waals surface area contributed by atoms with E-state index in [1.807, 2.05) is 48.0 Å². The molecule has 0 aliphatic carbocycles. The number of aromatic amines is 1. The molecule has 2 heterocycles. The van der Waals surface area contributed by atoms with Gasteiger partial charge in [-0.05, 0) is 42.0 Å². The van der Waals surface area contributed by atoms with Crippen molar-refractivity contribution < 1.29 is 8.42 Å². The fourth-order valence-corrected chi connectivity index (χ4v) is 4.91. The predicted octanol–water partition coefficient (Wildman–Crippen LogP) is 2.80. The molecule has 3 aromatic carbocycles. The first kappa shape index (κ1) is 21.8. The molecule has 9 nitrogen and oxygen atoms in total. The number of sulfonamides is 1. The summed E-state index contributed by atoms with van der Waals surface area (Å²) in [5, 5.41) is 7.60. The number of rotatable bonds is 7. The number of nitrogens with one attached hydrogen (secondary N) is 3. The predicted molar refractivity (Wildman–Crippen MR) is 131 cm³/mol. The van der Waals surface area contributed by atoms with Crippen molar-refractivity contribution in [2.45, 2.75) is 17.9 Å². The van der Waals surface area contributed by atoms with Crippen LogP contribution in [0, 0.1) is 5.41 Å². The SMILES string of the molecule is Cn1c(Cc2nc3ccc(C(=N)N)cc3[nH]2)nc2cc(S(=O)(=O)NCc3ccccc3)ccc21. The number of hydrogen-bond donors (Lipinski definition) is 4. The number of aryl methyl sites for hydroxylation is 1. The van der Waals surface area contributed by atoms with Crippen LogP contribution in [0.1, 0.15) is 22.8 Å². The Morgan fingerprint density at radius 1 is 1.06 bits per heavy atom. The highest BCUT2D eigenvalue weighted by Crippen LogP contribution is 2.22. The van der Waals surface area contributed by atoms with Crippen molar-refractivity contribution in [3.05, 3.63) is 89.5 Å². The van der Waals surface area contributed by atoms with E-state index in [0.717, 1.165) is 27.9 Å². The van der Waals surface area contributed by atoms with Gasteiger partial charge in [-0.1, -0.05) is 30.3 Å². The minimum atomic E-state index is -3.69. The van der Waals surface area contributed by atoms with E-state index >= 15 is 0 Å². The summed E-state index contributed by atoms with van der Waals surface area (Å²) >= 11 is 0. The number of nitrogen functional groups attached to an aromatic ring is 1. The molecule has 5 rings (SSSR count). The molecule has 0 fully saturated rings. The molecule has 0 bridgehead atoms. The van der Waals surface area contributed by atoms with Gasteiger partial charge in [0.15, 0.2) is 0 Å². The van der Waals surface area contributed by atoms with Crippen LogP contribution in [0.4, 0.5) is 0 Å². The van der Waals surface area contributed by atoms with Crippen molar-refractivity contribution in [1.29, 1.82) is 5.41 Å². The monoisotopic (exact) mass is 473 g/mol. The Bertz CT molecular complexity index is 1640. The maximum Gasteiger partial charge on any atom is 0.240 e. The molecule has 0 atom stereocenters. The van der Waals surface area contributed by atoms with Crippen LogP contribution in [0.3, 0.4) is 0 Å². The zero-order valence-electron chi connectivity index (χ0n) is 18.4. The van der Waals surface area contributed by atoms with Crippen molar-refractivity contribution >= 4 is 37.9 Å². The molecule has 0 saturated carbocycles. The Kier molecular flexibility index (Phi) is 5.39. The van der Waals surface area contributed by atoms with E-state index in [1.54, 1.807) is 30.3 Å². The largest absolute Gasteiger partial charge is 0.384 e. The lowest BCUT2D eigenvalue weighted by molar-refractivity contribution is 0.581. The number of nitrogens with zero attached hydrogens (tertiary/aromatic N) is 3. The maximum atomic E-state index is 12.8. The minimum Gasteiger partial charge on any atom is -0.384 e. The normalized spacial score (nSPS) is 11.9. The van der Waals surface area contributed by atoms with Gasteiger partial charge in [0, 0.05) is 19.2 Å². The number of fused-ring (bicyclic) bond motifs is 2. The van der Waals surface area contributed by atoms with E-state index in [9.17, 15) is 8.42 Å². The first-order valence-corrected chi connectivity index (χ1v) is 12.1. The standard InChI is InChI=1S/C24H23N7O2S/c1-31-21-10-8-17(34(32,33)27-14-15-5-3-2-4-6-15)12-20(21)30-23(31)13-22-28-18-9-7-16(24(25)26)11-19(18)29-22/h2-12,27H,13-14H2,1H3,(H3,25,26)(H,28,29). The van der Waals surface area contributed by atoms with E-state index in [4.69, 9.17) is 11.1 Å². The highest BCUT2D eigenvalue weighted by molar-refractivity contribution is 7.89. The molecule has 0 amide bonds. The van der Waals surface area contributed by atoms with Crippen molar-refractivity contribution in [3.8, 4) is 0 Å². The minimum absolute atomic E-state index is 0.00239. The third kappa shape index (κ3) is 4.16. The molecule has 5 aromatic rings. The number of benzene rings is 3. The lowest BCUT2D eigenvalue weighted by atomic mass is 10.2. The molecule has 0 aliphatic rings. The van der Waals surface area contributed by atoms with Gasteiger partial charge in [0.05, 0.1) is 33.4 Å². The highest BCUT2D eigenvalue weighted by atomic mass is 32.2. The number of H-pyrrole nitrogens is 1. The molecule has 10 heteroatoms. The van der Waals surface area contributed by atoms with Crippen LogP contribution in [0.25, 0.3) is 22.1 Å². The Morgan fingerprint density at radius 2 is 1.85 bits per heavy atom. The van der Waals surface area contributed by atoms with Crippen LogP contribution in [0.15, 0.2) is 71.6 Å². The molecule has 0 saturated heterocycles. The smallest absolute Gasteiger partial charge is 0.240 e. The summed E-state index contributed by atoms with van der Waals surface area (Å²) in [5.74, 6) is 1.46. The molecule has 34 heavy (non-hydrogen) atoms. The molecule has 0 unspecified atom stereocenters. The number of amidine groups is 1. The van der Waals surface area contributed by atoms with Crippen LogP contribution in [0.2, 0.25) is 0 Å². The van der Waals surface area contributed by atoms with Gasteiger partial charge in [0.2, 0.25) is 10.0 Å². The second-order valence-electron chi connectivity index (χ2n) is 8.05. The molecule has 5 N–H and O–H groups in total. The van der Waals surface area contributed by atoms with Gasteiger partial charge in [0.1, 0.15) is 17.5 Å². The van der Waals surface area contributed by atoms with Crippen molar-refractivity contribution in [2.24, 2.45) is 12.8 Å². The summed E-state index contributed by atoms with van der Waals surface area (Å²) in [5.41, 5.74) is 10.1. The molecular formula is C24H23N7O2S. The molecule has 172 valence electrons. The topological polar surface area (TPSA) is 143 Å². The van der Waals surface area contributed by atoms with Gasteiger partial charge >= 0.3 is 0 Å². The number of aromatic nitrogens is 4. The van der Waals surface area contributed by atoms with Gasteiger partial charge in [0.25, 0.3) is 0 Å². The second kappa shape index (κ2) is 8.40. The lowest BCUT2D eigenvalue weighted by Crippen LogP contribution is -2.23. The average Bonchev–Trinajstić information content (AvgIpc) is 3.37. The van der Waals surface area contributed by atoms with E-state index < -0.39 is 10.0 Å². The van der Waals surface area contributed by atoms with Gasteiger partial charge in [-0.15, -0.1) is 0 Å². The molecule has 0 aliphatic heterocycles. The zero-order valence-corrected chi connectivity index (χ0v) is 19.2. The second-order valence-corrected chi connectivity index (χ2v) is 9.82. The number of imidazole rings is 2. The van der Waals surface area contributed by atoms with Crippen LogP contribution in [-0.2, 0) is 30.0 Å². The summed E-state index contributed by atoms with van der Waals surface area (Å²) in [7, 11) is -1.79. The quantitative estimate of drug-likeness (QED) is 0.212. The van der Waals surface area contributed by atoms with E-state index in [-0.39, 0.29) is 17.3 Å². The summed E-state index contributed by atoms with van der Waals surface area (Å²) in [6.07, 6.45) is 0.434. The molecule has 2 aromatic heterocycles. The zero-order chi connectivity index (χ0) is 23.9. The summed E-state index contributed by atoms with van der Waals surface area (Å²) in [6, 6.07) is 19.7. The van der Waals surface area contributed by atoms with Crippen molar-refractivity contribution in [3.63, 3.8) is 0 Å². The van der Waals surface area contributed by atoms with Crippen molar-refractivity contribution in [2.75, 3.05) is 0 Å². The Labute approximate surface area is 196 Å². The van der Waals surface area contributed by atoms with Crippen LogP contribution in [0.5, 0.6) is 0 Å². The third-order valence-electron chi connectivity index (χ3n) is 5.73. The third-order valence-corrected chi connectivity index (χ3v) is 7.13.